The quantitative estimate of drug-likeness (QED) is 0.876. The van der Waals surface area contributed by atoms with Crippen molar-refractivity contribution in [3.05, 3.63) is 35.4 Å². The zero-order valence-electron chi connectivity index (χ0n) is 12.4. The van der Waals surface area contributed by atoms with Crippen molar-refractivity contribution in [3.8, 4) is 0 Å². The van der Waals surface area contributed by atoms with Gasteiger partial charge in [-0.25, -0.2) is 8.78 Å². The summed E-state index contributed by atoms with van der Waals surface area (Å²) < 4.78 is 32.6. The summed E-state index contributed by atoms with van der Waals surface area (Å²) >= 11 is 0. The van der Waals surface area contributed by atoms with E-state index in [-0.39, 0.29) is 11.7 Å². The van der Waals surface area contributed by atoms with Gasteiger partial charge in [0, 0.05) is 25.3 Å². The average molecular weight is 299 g/mol. The third kappa shape index (κ3) is 4.46. The molecule has 1 aliphatic heterocycles. The Hall–Kier alpha value is -1.04. The van der Waals surface area contributed by atoms with Gasteiger partial charge in [0.15, 0.2) is 11.6 Å². The lowest BCUT2D eigenvalue weighted by Gasteiger charge is -2.33. The third-order valence-electron chi connectivity index (χ3n) is 3.79. The maximum Gasteiger partial charge on any atom is 0.164 e. The van der Waals surface area contributed by atoms with Gasteiger partial charge in [-0.3, -0.25) is 4.90 Å². The highest BCUT2D eigenvalue weighted by molar-refractivity contribution is 5.21. The van der Waals surface area contributed by atoms with Crippen LogP contribution in [0, 0.1) is 11.6 Å². The van der Waals surface area contributed by atoms with Gasteiger partial charge in [0.05, 0.1) is 12.2 Å². The highest BCUT2D eigenvalue weighted by atomic mass is 19.2. The van der Waals surface area contributed by atoms with E-state index in [9.17, 15) is 13.9 Å². The van der Waals surface area contributed by atoms with Crippen LogP contribution in [0.3, 0.4) is 0 Å². The van der Waals surface area contributed by atoms with Gasteiger partial charge in [-0.1, -0.05) is 19.1 Å². The number of nitrogens with zero attached hydrogens (tertiary/aromatic N) is 1. The van der Waals surface area contributed by atoms with Gasteiger partial charge in [-0.2, -0.15) is 0 Å². The van der Waals surface area contributed by atoms with E-state index in [4.69, 9.17) is 4.74 Å². The molecule has 0 saturated carbocycles. The van der Waals surface area contributed by atoms with E-state index < -0.39 is 17.7 Å². The molecule has 0 amide bonds. The maximum atomic E-state index is 13.7. The minimum Gasteiger partial charge on any atom is -0.387 e. The van der Waals surface area contributed by atoms with Crippen molar-refractivity contribution in [1.82, 2.24) is 4.90 Å². The summed E-state index contributed by atoms with van der Waals surface area (Å²) in [5.74, 6) is -1.88. The minimum absolute atomic E-state index is 0.0200. The fraction of sp³-hybridized carbons (Fsp3) is 0.625. The van der Waals surface area contributed by atoms with Crippen molar-refractivity contribution in [3.63, 3.8) is 0 Å². The Bertz CT molecular complexity index is 456. The fourth-order valence-electron chi connectivity index (χ4n) is 2.72. The molecule has 0 aliphatic carbocycles. The number of β-amino-alcohol motifs (C(OH)–C–C–N with tert-alkyl or cyclic N) is 1. The van der Waals surface area contributed by atoms with Crippen LogP contribution in [0.1, 0.15) is 37.9 Å². The van der Waals surface area contributed by atoms with E-state index >= 15 is 0 Å². The molecular weight excluding hydrogens is 276 g/mol. The Morgan fingerprint density at radius 1 is 1.43 bits per heavy atom. The molecule has 1 aliphatic rings. The molecule has 0 radical (unpaired) electrons. The first kappa shape index (κ1) is 16.3. The summed E-state index contributed by atoms with van der Waals surface area (Å²) in [5.41, 5.74) is 0.0200. The first-order chi connectivity index (χ1) is 10.1. The normalized spacial score (nSPS) is 21.4. The molecule has 118 valence electrons. The Kier molecular flexibility index (Phi) is 6.08. The summed E-state index contributed by atoms with van der Waals surface area (Å²) in [6.07, 6.45) is 2.13. The smallest absolute Gasteiger partial charge is 0.164 e. The van der Waals surface area contributed by atoms with Gasteiger partial charge in [-0.05, 0) is 31.9 Å². The molecule has 5 heteroatoms. The second-order valence-electron chi connectivity index (χ2n) is 5.55. The van der Waals surface area contributed by atoms with E-state index in [1.807, 2.05) is 0 Å². The first-order valence-corrected chi connectivity index (χ1v) is 7.57. The maximum absolute atomic E-state index is 13.7. The van der Waals surface area contributed by atoms with E-state index in [0.717, 1.165) is 45.0 Å². The van der Waals surface area contributed by atoms with Crippen LogP contribution in [0.2, 0.25) is 0 Å². The van der Waals surface area contributed by atoms with Crippen LogP contribution in [-0.4, -0.2) is 42.4 Å². The number of rotatable bonds is 6. The van der Waals surface area contributed by atoms with Crippen LogP contribution < -0.4 is 0 Å². The van der Waals surface area contributed by atoms with Crippen molar-refractivity contribution >= 4 is 0 Å². The van der Waals surface area contributed by atoms with E-state index in [0.29, 0.717) is 6.54 Å². The molecule has 2 unspecified atom stereocenters. The van der Waals surface area contributed by atoms with Gasteiger partial charge in [0.25, 0.3) is 0 Å². The number of aliphatic hydroxyl groups is 1. The lowest BCUT2D eigenvalue weighted by Crippen LogP contribution is -2.41. The number of benzene rings is 1. The predicted molar refractivity (Wildman–Crippen MR) is 77.0 cm³/mol. The third-order valence-corrected chi connectivity index (χ3v) is 3.79. The van der Waals surface area contributed by atoms with E-state index in [1.165, 1.54) is 12.1 Å². The number of piperidine rings is 1. The molecular formula is C16H23F2NO2. The zero-order chi connectivity index (χ0) is 15.2. The van der Waals surface area contributed by atoms with Gasteiger partial charge in [0.2, 0.25) is 0 Å². The zero-order valence-corrected chi connectivity index (χ0v) is 12.4. The van der Waals surface area contributed by atoms with Gasteiger partial charge in [-0.15, -0.1) is 0 Å². The van der Waals surface area contributed by atoms with Crippen molar-refractivity contribution in [1.29, 1.82) is 0 Å². The van der Waals surface area contributed by atoms with Crippen molar-refractivity contribution < 1.29 is 18.6 Å². The lowest BCUT2D eigenvalue weighted by molar-refractivity contribution is -0.0123. The predicted octanol–water partition coefficient (Wildman–Crippen LogP) is 2.89. The molecule has 1 N–H and O–H groups in total. The Labute approximate surface area is 124 Å². The van der Waals surface area contributed by atoms with Gasteiger partial charge < -0.3 is 9.84 Å². The van der Waals surface area contributed by atoms with Gasteiger partial charge >= 0.3 is 0 Å². The van der Waals surface area contributed by atoms with Gasteiger partial charge in [0.1, 0.15) is 0 Å². The van der Waals surface area contributed by atoms with E-state index in [1.54, 1.807) is 0 Å². The number of hydrogen-bond donors (Lipinski definition) is 1. The fourth-order valence-corrected chi connectivity index (χ4v) is 2.72. The largest absolute Gasteiger partial charge is 0.387 e. The molecule has 0 spiro atoms. The number of aliphatic hydroxyl groups excluding tert-OH is 1. The van der Waals surface area contributed by atoms with E-state index in [2.05, 4.69) is 11.8 Å². The molecule has 1 aromatic rings. The van der Waals surface area contributed by atoms with Crippen LogP contribution in [0.25, 0.3) is 0 Å². The Morgan fingerprint density at radius 2 is 2.24 bits per heavy atom. The highest BCUT2D eigenvalue weighted by Gasteiger charge is 2.24. The monoisotopic (exact) mass is 299 g/mol. The Balaban J connectivity index is 1.92. The number of ether oxygens (including phenoxy) is 1. The summed E-state index contributed by atoms with van der Waals surface area (Å²) in [5, 5.41) is 10.2. The summed E-state index contributed by atoms with van der Waals surface area (Å²) in [6.45, 7) is 4.68. The van der Waals surface area contributed by atoms with Crippen LogP contribution >= 0.6 is 0 Å². The topological polar surface area (TPSA) is 32.7 Å². The molecule has 1 heterocycles. The summed E-state index contributed by atoms with van der Waals surface area (Å²) in [4.78, 5) is 2.05. The van der Waals surface area contributed by atoms with Crippen LogP contribution in [-0.2, 0) is 4.74 Å². The van der Waals surface area contributed by atoms with Crippen molar-refractivity contribution in [2.45, 2.75) is 38.4 Å². The first-order valence-electron chi connectivity index (χ1n) is 7.57. The standard InChI is InChI=1S/C16H23F2NO2/c1-2-9-21-12-5-4-8-19(10-12)11-15(20)13-6-3-7-14(17)16(13)18/h3,6-7,12,15,20H,2,4-5,8-11H2,1H3. The molecule has 1 saturated heterocycles. The SMILES string of the molecule is CCCOC1CCCN(CC(O)c2cccc(F)c2F)C1. The second kappa shape index (κ2) is 7.82. The molecule has 2 rings (SSSR count). The van der Waals surface area contributed by atoms with Crippen molar-refractivity contribution in [2.24, 2.45) is 0 Å². The Morgan fingerprint density at radius 3 is 3.00 bits per heavy atom. The second-order valence-corrected chi connectivity index (χ2v) is 5.55. The summed E-state index contributed by atoms with van der Waals surface area (Å²) in [6, 6.07) is 3.90. The molecule has 1 aromatic carbocycles. The number of halogens is 2. The van der Waals surface area contributed by atoms with Crippen LogP contribution in [0.15, 0.2) is 18.2 Å². The average Bonchev–Trinajstić information content (AvgIpc) is 2.48. The molecule has 0 aromatic heterocycles. The van der Waals surface area contributed by atoms with Crippen molar-refractivity contribution in [2.75, 3.05) is 26.2 Å². The minimum atomic E-state index is -1.02. The molecule has 0 bridgehead atoms. The number of likely N-dealkylation sites (tertiary alicyclic amines) is 1. The van der Waals surface area contributed by atoms with Crippen LogP contribution in [0.5, 0.6) is 0 Å². The molecule has 2 atom stereocenters. The lowest BCUT2D eigenvalue weighted by atomic mass is 10.0. The molecule has 21 heavy (non-hydrogen) atoms. The molecule has 3 nitrogen and oxygen atoms in total. The highest BCUT2D eigenvalue weighted by Crippen LogP contribution is 2.22. The summed E-state index contributed by atoms with van der Waals surface area (Å²) in [7, 11) is 0. The molecule has 1 fully saturated rings. The van der Waals surface area contributed by atoms with Crippen LogP contribution in [0.4, 0.5) is 8.78 Å². The number of hydrogen-bond acceptors (Lipinski definition) is 3.